The molecule has 21 heavy (non-hydrogen) atoms. The van der Waals surface area contributed by atoms with Crippen LogP contribution < -0.4 is 0 Å². The molecule has 0 bridgehead atoms. The zero-order chi connectivity index (χ0) is 15.7. The molecular weight excluding hydrogens is 260 g/mol. The molecule has 0 radical (unpaired) electrons. The van der Waals surface area contributed by atoms with Crippen molar-refractivity contribution in [2.75, 3.05) is 0 Å². The Morgan fingerprint density at radius 1 is 1.00 bits per heavy atom. The van der Waals surface area contributed by atoms with E-state index in [9.17, 15) is 10.2 Å². The highest BCUT2D eigenvalue weighted by Gasteiger charge is 2.05. The van der Waals surface area contributed by atoms with Crippen LogP contribution >= 0.6 is 0 Å². The van der Waals surface area contributed by atoms with Crippen molar-refractivity contribution in [1.29, 1.82) is 0 Å². The minimum atomic E-state index is 0.349. The van der Waals surface area contributed by atoms with Gasteiger partial charge in [-0.15, -0.1) is 6.58 Å². The van der Waals surface area contributed by atoms with Crippen LogP contribution in [0.4, 0.5) is 0 Å². The Balaban J connectivity index is 0.000000211. The van der Waals surface area contributed by atoms with Crippen LogP contribution in [0.25, 0.3) is 0 Å². The normalized spacial score (nSPS) is 11.1. The molecule has 0 saturated carbocycles. The second-order valence-electron chi connectivity index (χ2n) is 4.99. The molecule has 0 aromatic heterocycles. The van der Waals surface area contributed by atoms with Crippen molar-refractivity contribution >= 4 is 0 Å². The number of allylic oxidation sites excluding steroid dienone is 1. The summed E-state index contributed by atoms with van der Waals surface area (Å²) in [5, 5.41) is 18.6. The van der Waals surface area contributed by atoms with Gasteiger partial charge in [-0.3, -0.25) is 0 Å². The third-order valence-corrected chi connectivity index (χ3v) is 3.44. The van der Waals surface area contributed by atoms with E-state index in [4.69, 9.17) is 0 Å². The molecule has 112 valence electrons. The summed E-state index contributed by atoms with van der Waals surface area (Å²) in [4.78, 5) is 0. The smallest absolute Gasteiger partial charge is 0.119 e. The fraction of sp³-hybridized carbons (Fsp3) is 0.263. The van der Waals surface area contributed by atoms with Crippen LogP contribution in [0.3, 0.4) is 0 Å². The molecular formula is C19H24O2. The van der Waals surface area contributed by atoms with E-state index in [0.29, 0.717) is 17.4 Å². The number of phenolic OH excluding ortho intramolecular Hbond substituents is 2. The maximum absolute atomic E-state index is 9.41. The van der Waals surface area contributed by atoms with Gasteiger partial charge in [0.1, 0.15) is 11.5 Å². The maximum atomic E-state index is 9.41. The van der Waals surface area contributed by atoms with E-state index in [1.54, 1.807) is 18.2 Å². The standard InChI is InChI=1S/C10H14O.C9H10O/c1-3-8(2)9-6-4-5-7-10(9)11;1-2-5-8-6-3-4-7-9(8)10/h4-8,11H,3H2,1-2H3;2-4,6-7,10H,1,5H2. The summed E-state index contributed by atoms with van der Waals surface area (Å²) in [5.41, 5.74) is 1.98. The maximum Gasteiger partial charge on any atom is 0.119 e. The van der Waals surface area contributed by atoms with Crippen LogP contribution in [0.15, 0.2) is 61.2 Å². The monoisotopic (exact) mass is 284 g/mol. The number of aromatic hydroxyl groups is 2. The van der Waals surface area contributed by atoms with Crippen molar-refractivity contribution in [3.63, 3.8) is 0 Å². The first-order valence-electron chi connectivity index (χ1n) is 7.25. The number of para-hydroxylation sites is 2. The zero-order valence-electron chi connectivity index (χ0n) is 12.8. The molecule has 1 atom stereocenters. The van der Waals surface area contributed by atoms with E-state index in [-0.39, 0.29) is 0 Å². The second-order valence-corrected chi connectivity index (χ2v) is 4.99. The molecule has 0 spiro atoms. The highest BCUT2D eigenvalue weighted by atomic mass is 16.3. The van der Waals surface area contributed by atoms with E-state index in [2.05, 4.69) is 20.4 Å². The first-order chi connectivity index (χ1) is 10.1. The number of phenols is 2. The third kappa shape index (κ3) is 5.35. The molecule has 0 fully saturated rings. The average molecular weight is 284 g/mol. The van der Waals surface area contributed by atoms with Crippen molar-refractivity contribution in [2.45, 2.75) is 32.6 Å². The van der Waals surface area contributed by atoms with Crippen LogP contribution in [0.2, 0.25) is 0 Å². The highest BCUT2D eigenvalue weighted by molar-refractivity contribution is 5.34. The van der Waals surface area contributed by atoms with Gasteiger partial charge in [0, 0.05) is 0 Å². The number of hydrogen-bond acceptors (Lipinski definition) is 2. The molecule has 2 heteroatoms. The van der Waals surface area contributed by atoms with E-state index < -0.39 is 0 Å². The Morgan fingerprint density at radius 2 is 1.57 bits per heavy atom. The molecule has 2 nitrogen and oxygen atoms in total. The Morgan fingerprint density at radius 3 is 2.10 bits per heavy atom. The molecule has 0 amide bonds. The largest absolute Gasteiger partial charge is 0.508 e. The lowest BCUT2D eigenvalue weighted by Crippen LogP contribution is -1.90. The number of benzene rings is 2. The topological polar surface area (TPSA) is 40.5 Å². The summed E-state index contributed by atoms with van der Waals surface area (Å²) in [6.45, 7) is 7.83. The Bertz CT molecular complexity index is 561. The predicted molar refractivity (Wildman–Crippen MR) is 88.8 cm³/mol. The molecule has 2 aromatic rings. The lowest BCUT2D eigenvalue weighted by molar-refractivity contribution is 0.462. The van der Waals surface area contributed by atoms with Gasteiger partial charge in [0.05, 0.1) is 0 Å². The molecule has 2 N–H and O–H groups in total. The quantitative estimate of drug-likeness (QED) is 0.773. The SMILES string of the molecule is C=CCc1ccccc1O.CCC(C)c1ccccc1O. The Labute approximate surface area is 127 Å². The van der Waals surface area contributed by atoms with Crippen molar-refractivity contribution in [3.8, 4) is 11.5 Å². The van der Waals surface area contributed by atoms with E-state index >= 15 is 0 Å². The van der Waals surface area contributed by atoms with Crippen LogP contribution in [0, 0.1) is 0 Å². The van der Waals surface area contributed by atoms with Crippen LogP contribution in [-0.4, -0.2) is 10.2 Å². The van der Waals surface area contributed by atoms with Gasteiger partial charge in [-0.25, -0.2) is 0 Å². The van der Waals surface area contributed by atoms with E-state index in [1.165, 1.54) is 0 Å². The van der Waals surface area contributed by atoms with Crippen LogP contribution in [0.5, 0.6) is 11.5 Å². The van der Waals surface area contributed by atoms with E-state index in [1.807, 2.05) is 36.4 Å². The van der Waals surface area contributed by atoms with Gasteiger partial charge in [-0.05, 0) is 42.0 Å². The fourth-order valence-electron chi connectivity index (χ4n) is 1.96. The Kier molecular flexibility index (Phi) is 7.10. The summed E-state index contributed by atoms with van der Waals surface area (Å²) in [6, 6.07) is 14.8. The van der Waals surface area contributed by atoms with E-state index in [0.717, 1.165) is 24.0 Å². The summed E-state index contributed by atoms with van der Waals surface area (Å²) in [7, 11) is 0. The third-order valence-electron chi connectivity index (χ3n) is 3.44. The minimum absolute atomic E-state index is 0.349. The summed E-state index contributed by atoms with van der Waals surface area (Å²) in [5.74, 6) is 1.22. The van der Waals surface area contributed by atoms with Crippen LogP contribution in [0.1, 0.15) is 37.3 Å². The van der Waals surface area contributed by atoms with Crippen molar-refractivity contribution in [2.24, 2.45) is 0 Å². The van der Waals surface area contributed by atoms with Gasteiger partial charge in [0.25, 0.3) is 0 Å². The summed E-state index contributed by atoms with van der Waals surface area (Å²) >= 11 is 0. The lowest BCUT2D eigenvalue weighted by Gasteiger charge is -2.09. The highest BCUT2D eigenvalue weighted by Crippen LogP contribution is 2.26. The molecule has 0 aliphatic rings. The molecule has 0 aliphatic carbocycles. The first-order valence-corrected chi connectivity index (χ1v) is 7.25. The lowest BCUT2D eigenvalue weighted by atomic mass is 9.98. The van der Waals surface area contributed by atoms with Gasteiger partial charge in [0.15, 0.2) is 0 Å². The molecule has 2 aromatic carbocycles. The number of rotatable bonds is 4. The Hall–Kier alpha value is -2.22. The van der Waals surface area contributed by atoms with Crippen molar-refractivity contribution in [1.82, 2.24) is 0 Å². The van der Waals surface area contributed by atoms with Gasteiger partial charge in [0.2, 0.25) is 0 Å². The van der Waals surface area contributed by atoms with Gasteiger partial charge >= 0.3 is 0 Å². The fourth-order valence-corrected chi connectivity index (χ4v) is 1.96. The molecule has 0 aliphatic heterocycles. The average Bonchev–Trinajstić information content (AvgIpc) is 2.50. The van der Waals surface area contributed by atoms with Crippen LogP contribution in [-0.2, 0) is 6.42 Å². The molecule has 0 saturated heterocycles. The molecule has 0 heterocycles. The molecule has 1 unspecified atom stereocenters. The second kappa shape index (κ2) is 8.85. The molecule has 2 rings (SSSR count). The summed E-state index contributed by atoms with van der Waals surface area (Å²) in [6.07, 6.45) is 3.57. The zero-order valence-corrected chi connectivity index (χ0v) is 12.8. The first kappa shape index (κ1) is 16.8. The van der Waals surface area contributed by atoms with Crippen molar-refractivity contribution < 1.29 is 10.2 Å². The number of hydrogen-bond donors (Lipinski definition) is 2. The van der Waals surface area contributed by atoms with Gasteiger partial charge < -0.3 is 10.2 Å². The van der Waals surface area contributed by atoms with Gasteiger partial charge in [-0.2, -0.15) is 0 Å². The van der Waals surface area contributed by atoms with Crippen molar-refractivity contribution in [3.05, 3.63) is 72.3 Å². The minimum Gasteiger partial charge on any atom is -0.508 e. The summed E-state index contributed by atoms with van der Waals surface area (Å²) < 4.78 is 0. The predicted octanol–water partition coefficient (Wildman–Crippen LogP) is 5.03. The van der Waals surface area contributed by atoms with Gasteiger partial charge in [-0.1, -0.05) is 56.3 Å².